The molecule has 0 rings (SSSR count). The van der Waals surface area contributed by atoms with Crippen molar-refractivity contribution in [2.24, 2.45) is 0 Å². The molecule has 0 unspecified atom stereocenters. The zero-order chi connectivity index (χ0) is 16.6. The maximum absolute atomic E-state index is 12.9. The first-order chi connectivity index (χ1) is 8.56. The minimum atomic E-state index is -7.28. The summed E-state index contributed by atoms with van der Waals surface area (Å²) in [6.07, 6.45) is -7.09. The lowest BCUT2D eigenvalue weighted by atomic mass is 10.1. The Bertz CT molecular complexity index is 525. The number of halogens is 9. The van der Waals surface area contributed by atoms with E-state index in [0.29, 0.717) is 4.72 Å². The highest BCUT2D eigenvalue weighted by Crippen LogP contribution is 2.54. The fourth-order valence-corrected chi connectivity index (χ4v) is 1.54. The predicted octanol–water partition coefficient (Wildman–Crippen LogP) is 2.31. The zero-order valence-electron chi connectivity index (χ0n) is 9.13. The predicted molar refractivity (Wildman–Crippen MR) is 46.4 cm³/mol. The van der Waals surface area contributed by atoms with Crippen molar-refractivity contribution in [1.29, 1.82) is 0 Å². The van der Waals surface area contributed by atoms with Gasteiger partial charge in [-0.2, -0.15) is 47.9 Å². The number of hydrogen-bond acceptors (Lipinski definition) is 2. The molecule has 20 heavy (non-hydrogen) atoms. The first-order valence-electron chi connectivity index (χ1n) is 4.19. The fraction of sp³-hybridized carbons (Fsp3) is 0.714. The molecule has 0 saturated carbocycles. The van der Waals surface area contributed by atoms with Gasteiger partial charge in [0, 0.05) is 6.04 Å². The second-order valence-electron chi connectivity index (χ2n) is 3.14. The molecule has 0 radical (unpaired) electrons. The molecule has 0 aliphatic carbocycles. The van der Waals surface area contributed by atoms with Crippen molar-refractivity contribution in [2.45, 2.75) is 30.2 Å². The topological polar surface area (TPSA) is 46.2 Å². The smallest absolute Gasteiger partial charge is 0.237 e. The molecule has 0 atom stereocenters. The third-order valence-corrected chi connectivity index (χ3v) is 3.07. The molecule has 13 heteroatoms. The summed E-state index contributed by atoms with van der Waals surface area (Å²) >= 11 is 0. The van der Waals surface area contributed by atoms with Gasteiger partial charge in [-0.1, -0.05) is 5.92 Å². The van der Waals surface area contributed by atoms with Gasteiger partial charge in [-0.3, -0.25) is 0 Å². The Morgan fingerprint density at radius 1 is 0.850 bits per heavy atom. The van der Waals surface area contributed by atoms with Crippen LogP contribution in [0.15, 0.2) is 0 Å². The summed E-state index contributed by atoms with van der Waals surface area (Å²) in [6, 6.07) is 1.13. The van der Waals surface area contributed by atoms with E-state index in [1.54, 1.807) is 5.92 Å². The van der Waals surface area contributed by atoms with Gasteiger partial charge >= 0.3 is 33.3 Å². The first kappa shape index (κ1) is 18.7. The van der Waals surface area contributed by atoms with Crippen LogP contribution in [-0.2, 0) is 10.0 Å². The van der Waals surface area contributed by atoms with Crippen LogP contribution < -0.4 is 4.72 Å². The monoisotopic (exact) mass is 337 g/mol. The summed E-state index contributed by atoms with van der Waals surface area (Å²) in [5, 5.41) is -6.76. The van der Waals surface area contributed by atoms with E-state index in [0.717, 1.165) is 13.0 Å². The van der Waals surface area contributed by atoms with Crippen LogP contribution >= 0.6 is 0 Å². The Kier molecular flexibility index (Phi) is 4.58. The molecule has 0 aromatic carbocycles. The molecule has 0 aliphatic heterocycles. The summed E-state index contributed by atoms with van der Waals surface area (Å²) in [5.41, 5.74) is 0. The number of sulfonamides is 1. The van der Waals surface area contributed by atoms with Crippen molar-refractivity contribution in [3.63, 3.8) is 0 Å². The van der Waals surface area contributed by atoms with Crippen molar-refractivity contribution in [3.05, 3.63) is 0 Å². The quantitative estimate of drug-likeness (QED) is 0.486. The van der Waals surface area contributed by atoms with E-state index in [-0.39, 0.29) is 0 Å². The van der Waals surface area contributed by atoms with Crippen LogP contribution in [0.5, 0.6) is 0 Å². The standard InChI is InChI=1S/C7H4F9NO2S/c1-2-3-17-20(18,19)7(15,16)5(10,11)4(8,9)6(12,13)14/h17H,1H3. The van der Waals surface area contributed by atoms with E-state index in [9.17, 15) is 47.9 Å². The molecule has 0 heterocycles. The van der Waals surface area contributed by atoms with Crippen LogP contribution in [-0.4, -0.2) is 31.7 Å². The van der Waals surface area contributed by atoms with Crippen molar-refractivity contribution < 1.29 is 47.9 Å². The number of hydrogen-bond donors (Lipinski definition) is 1. The van der Waals surface area contributed by atoms with E-state index >= 15 is 0 Å². The Hall–Kier alpha value is -1.32. The summed E-state index contributed by atoms with van der Waals surface area (Å²) in [5.74, 6) is -12.9. The SMILES string of the molecule is CC#CNS(=O)(=O)C(F)(F)C(F)(F)C(F)(F)C(F)(F)F. The van der Waals surface area contributed by atoms with Crippen LogP contribution in [0.25, 0.3) is 0 Å². The molecule has 0 saturated heterocycles. The van der Waals surface area contributed by atoms with Crippen molar-refractivity contribution in [2.75, 3.05) is 0 Å². The third-order valence-electron chi connectivity index (χ3n) is 1.76. The van der Waals surface area contributed by atoms with Crippen LogP contribution in [0.3, 0.4) is 0 Å². The Balaban J connectivity index is 5.98. The highest BCUT2D eigenvalue weighted by Gasteiger charge is 2.85. The lowest BCUT2D eigenvalue weighted by Gasteiger charge is -2.32. The molecular formula is C7H4F9NO2S. The average molecular weight is 337 g/mol. The van der Waals surface area contributed by atoms with Crippen molar-refractivity contribution in [1.82, 2.24) is 4.72 Å². The summed E-state index contributed by atoms with van der Waals surface area (Å²) in [4.78, 5) is 0. The molecule has 0 bridgehead atoms. The Morgan fingerprint density at radius 2 is 1.25 bits per heavy atom. The number of alkyl halides is 9. The Labute approximate surface area is 106 Å². The van der Waals surface area contributed by atoms with Gasteiger partial charge in [0.1, 0.15) is 0 Å². The molecule has 0 amide bonds. The van der Waals surface area contributed by atoms with Gasteiger partial charge in [0.15, 0.2) is 0 Å². The highest BCUT2D eigenvalue weighted by molar-refractivity contribution is 7.90. The molecule has 3 nitrogen and oxygen atoms in total. The molecule has 118 valence electrons. The van der Waals surface area contributed by atoms with Crippen LogP contribution in [0.2, 0.25) is 0 Å². The van der Waals surface area contributed by atoms with Gasteiger partial charge in [0.2, 0.25) is 0 Å². The molecule has 0 aromatic heterocycles. The molecule has 0 aromatic rings. The lowest BCUT2D eigenvalue weighted by Crippen LogP contribution is -2.64. The minimum absolute atomic E-state index is 0.459. The maximum atomic E-state index is 12.9. The van der Waals surface area contributed by atoms with Gasteiger partial charge in [-0.15, -0.1) is 0 Å². The third kappa shape index (κ3) is 2.60. The first-order valence-corrected chi connectivity index (χ1v) is 5.68. The maximum Gasteiger partial charge on any atom is 0.460 e. The van der Waals surface area contributed by atoms with Gasteiger partial charge in [0.05, 0.1) is 0 Å². The normalized spacial score (nSPS) is 14.5. The number of nitrogens with one attached hydrogen (secondary N) is 1. The molecule has 0 spiro atoms. The second-order valence-corrected chi connectivity index (χ2v) is 4.87. The molecule has 0 fully saturated rings. The Morgan fingerprint density at radius 3 is 1.55 bits per heavy atom. The van der Waals surface area contributed by atoms with Gasteiger partial charge < -0.3 is 0 Å². The average Bonchev–Trinajstić information content (AvgIpc) is 2.24. The molecule has 0 aliphatic rings. The molecule has 1 N–H and O–H groups in total. The van der Waals surface area contributed by atoms with Gasteiger partial charge in [-0.25, -0.2) is 4.72 Å². The summed E-state index contributed by atoms with van der Waals surface area (Å²) in [6.45, 7) is 0.850. The van der Waals surface area contributed by atoms with Crippen LogP contribution in [0.1, 0.15) is 6.92 Å². The summed E-state index contributed by atoms with van der Waals surface area (Å²) < 4.78 is 133. The van der Waals surface area contributed by atoms with Crippen LogP contribution in [0.4, 0.5) is 39.5 Å². The van der Waals surface area contributed by atoms with Gasteiger partial charge in [-0.05, 0) is 6.92 Å². The lowest BCUT2D eigenvalue weighted by molar-refractivity contribution is -0.382. The second kappa shape index (κ2) is 4.90. The summed E-state index contributed by atoms with van der Waals surface area (Å²) in [7, 11) is -6.61. The van der Waals surface area contributed by atoms with Gasteiger partial charge in [0.25, 0.3) is 0 Å². The highest BCUT2D eigenvalue weighted by atomic mass is 32.2. The van der Waals surface area contributed by atoms with Crippen molar-refractivity contribution >= 4 is 10.0 Å². The fourth-order valence-electron chi connectivity index (χ4n) is 0.712. The number of rotatable bonds is 4. The van der Waals surface area contributed by atoms with E-state index in [1.165, 1.54) is 0 Å². The molecular weight excluding hydrogens is 333 g/mol. The minimum Gasteiger partial charge on any atom is -0.237 e. The van der Waals surface area contributed by atoms with Crippen LogP contribution in [0, 0.1) is 12.0 Å². The van der Waals surface area contributed by atoms with E-state index < -0.39 is 33.3 Å². The largest absolute Gasteiger partial charge is 0.460 e. The van der Waals surface area contributed by atoms with E-state index in [1.807, 2.05) is 0 Å². The zero-order valence-corrected chi connectivity index (χ0v) is 9.94. The van der Waals surface area contributed by atoms with E-state index in [4.69, 9.17) is 0 Å². The van der Waals surface area contributed by atoms with Crippen molar-refractivity contribution in [3.8, 4) is 12.0 Å². The van der Waals surface area contributed by atoms with E-state index in [2.05, 4.69) is 0 Å².